The summed E-state index contributed by atoms with van der Waals surface area (Å²) in [5, 5.41) is 3.93. The Balaban J connectivity index is 1.87. The summed E-state index contributed by atoms with van der Waals surface area (Å²) < 4.78 is 31.0. The van der Waals surface area contributed by atoms with Crippen molar-refractivity contribution >= 4 is 11.0 Å². The van der Waals surface area contributed by atoms with E-state index in [9.17, 15) is 18.4 Å². The molecule has 28 heavy (non-hydrogen) atoms. The van der Waals surface area contributed by atoms with Gasteiger partial charge in [-0.2, -0.15) is 5.10 Å². The molecule has 0 aliphatic carbocycles. The van der Waals surface area contributed by atoms with Crippen molar-refractivity contribution in [2.45, 2.75) is 0 Å². The minimum atomic E-state index is -1.08. The number of hydrogen-bond acceptors (Lipinski definition) is 3. The number of hydrogen-bond donors (Lipinski definition) is 1. The number of H-pyrrole nitrogens is 1. The van der Waals surface area contributed by atoms with E-state index in [1.165, 1.54) is 10.9 Å². The first-order valence-corrected chi connectivity index (χ1v) is 8.19. The molecule has 8 heteroatoms. The van der Waals surface area contributed by atoms with Crippen molar-refractivity contribution in [1.29, 1.82) is 0 Å². The number of aryl methyl sites for hydroxylation is 1. The fraction of sp³-hybridized carbons (Fsp3) is 0.0500. The van der Waals surface area contributed by atoms with Crippen molar-refractivity contribution in [1.82, 2.24) is 19.3 Å². The number of halogens is 2. The molecule has 0 aliphatic heterocycles. The molecule has 0 fully saturated rings. The highest BCUT2D eigenvalue weighted by molar-refractivity contribution is 5.72. The average molecular weight is 378 g/mol. The van der Waals surface area contributed by atoms with Crippen LogP contribution in [-0.4, -0.2) is 19.3 Å². The van der Waals surface area contributed by atoms with Crippen LogP contribution in [0, 0.1) is 23.5 Å². The lowest BCUT2D eigenvalue weighted by molar-refractivity contribution is 0.562. The quantitative estimate of drug-likeness (QED) is 0.516. The van der Waals surface area contributed by atoms with Crippen LogP contribution in [0.4, 0.5) is 8.78 Å². The van der Waals surface area contributed by atoms with Crippen molar-refractivity contribution in [2.24, 2.45) is 7.05 Å². The molecule has 0 radical (unpaired) electrons. The summed E-state index contributed by atoms with van der Waals surface area (Å²) in [6, 6.07) is 10.9. The van der Waals surface area contributed by atoms with Crippen LogP contribution in [0.1, 0.15) is 11.1 Å². The summed E-state index contributed by atoms with van der Waals surface area (Å²) in [6.45, 7) is 0. The zero-order valence-electron chi connectivity index (χ0n) is 14.5. The van der Waals surface area contributed by atoms with Gasteiger partial charge >= 0.3 is 5.69 Å². The number of rotatable bonds is 1. The Morgan fingerprint density at radius 2 is 1.64 bits per heavy atom. The van der Waals surface area contributed by atoms with Gasteiger partial charge in [0.1, 0.15) is 5.69 Å². The van der Waals surface area contributed by atoms with Crippen LogP contribution in [-0.2, 0) is 7.05 Å². The Bertz CT molecular complexity index is 1370. The summed E-state index contributed by atoms with van der Waals surface area (Å²) in [4.78, 5) is 27.2. The first kappa shape index (κ1) is 17.4. The van der Waals surface area contributed by atoms with E-state index in [0.29, 0.717) is 10.1 Å². The highest BCUT2D eigenvalue weighted by atomic mass is 19.1. The molecule has 2 aromatic carbocycles. The maximum absolute atomic E-state index is 14.6. The molecule has 4 aromatic rings. The number of nitrogens with zero attached hydrogens (tertiary/aromatic N) is 3. The maximum atomic E-state index is 14.6. The van der Waals surface area contributed by atoms with Gasteiger partial charge in [0.15, 0.2) is 17.2 Å². The normalized spacial score (nSPS) is 10.7. The molecule has 2 aromatic heterocycles. The standard InChI is InChI=1S/C20H12F2N4O2/c1-25-11-16-17(24-25)19(27)26(20(28)23-16)18-14(21)9-13(10-15(18)22)8-7-12-5-3-2-4-6-12/h2-6,9-11H,1H3,(H,23,28). The van der Waals surface area contributed by atoms with Crippen molar-refractivity contribution in [2.75, 3.05) is 0 Å². The van der Waals surface area contributed by atoms with E-state index < -0.39 is 28.6 Å². The van der Waals surface area contributed by atoms with Gasteiger partial charge in [0.05, 0.1) is 5.52 Å². The van der Waals surface area contributed by atoms with Crippen molar-refractivity contribution < 1.29 is 8.78 Å². The van der Waals surface area contributed by atoms with Gasteiger partial charge in [0, 0.05) is 24.4 Å². The first-order valence-electron chi connectivity index (χ1n) is 8.19. The van der Waals surface area contributed by atoms with Gasteiger partial charge < -0.3 is 4.98 Å². The minimum absolute atomic E-state index is 0.0750. The molecule has 1 N–H and O–H groups in total. The fourth-order valence-electron chi connectivity index (χ4n) is 2.83. The van der Waals surface area contributed by atoms with E-state index in [-0.39, 0.29) is 16.6 Å². The zero-order valence-corrected chi connectivity index (χ0v) is 14.5. The number of aromatic nitrogens is 4. The molecule has 0 amide bonds. The lowest BCUT2D eigenvalue weighted by Gasteiger charge is -2.07. The van der Waals surface area contributed by atoms with Crippen LogP contribution in [0.25, 0.3) is 16.7 Å². The Morgan fingerprint density at radius 3 is 2.32 bits per heavy atom. The van der Waals surface area contributed by atoms with Gasteiger partial charge in [-0.25, -0.2) is 18.1 Å². The van der Waals surface area contributed by atoms with E-state index in [1.807, 2.05) is 6.07 Å². The molecular formula is C20H12F2N4O2. The molecule has 0 saturated heterocycles. The summed E-state index contributed by atoms with van der Waals surface area (Å²) in [7, 11) is 1.56. The number of aromatic amines is 1. The average Bonchev–Trinajstić information content (AvgIpc) is 3.03. The molecule has 0 unspecified atom stereocenters. The van der Waals surface area contributed by atoms with Crippen LogP contribution in [0.2, 0.25) is 0 Å². The second kappa shape index (κ2) is 6.63. The van der Waals surface area contributed by atoms with Crippen LogP contribution < -0.4 is 11.2 Å². The predicted octanol–water partition coefficient (Wildman–Crippen LogP) is 2.09. The molecule has 138 valence electrons. The first-order chi connectivity index (χ1) is 13.4. The Hall–Kier alpha value is -3.99. The Labute approximate surface area is 156 Å². The van der Waals surface area contributed by atoms with Crippen LogP contribution >= 0.6 is 0 Å². The monoisotopic (exact) mass is 378 g/mol. The van der Waals surface area contributed by atoms with E-state index in [2.05, 4.69) is 21.9 Å². The smallest absolute Gasteiger partial charge is 0.304 e. The Kier molecular flexibility index (Phi) is 4.12. The second-order valence-corrected chi connectivity index (χ2v) is 6.04. The lowest BCUT2D eigenvalue weighted by Crippen LogP contribution is -2.35. The molecule has 0 aliphatic rings. The van der Waals surface area contributed by atoms with Gasteiger partial charge in [-0.3, -0.25) is 9.48 Å². The summed E-state index contributed by atoms with van der Waals surface area (Å²) in [5.41, 5.74) is -1.82. The van der Waals surface area contributed by atoms with Crippen LogP contribution in [0.3, 0.4) is 0 Å². The summed E-state index contributed by atoms with van der Waals surface area (Å²) >= 11 is 0. The molecule has 0 bridgehead atoms. The maximum Gasteiger partial charge on any atom is 0.333 e. The molecule has 0 atom stereocenters. The lowest BCUT2D eigenvalue weighted by atomic mass is 10.1. The number of fused-ring (bicyclic) bond motifs is 1. The Morgan fingerprint density at radius 1 is 1.00 bits per heavy atom. The number of nitrogens with one attached hydrogen (secondary N) is 1. The third-order valence-corrected chi connectivity index (χ3v) is 4.04. The van der Waals surface area contributed by atoms with Gasteiger partial charge in [0.2, 0.25) is 0 Å². The zero-order chi connectivity index (χ0) is 19.8. The third kappa shape index (κ3) is 2.99. The number of benzene rings is 2. The molecule has 2 heterocycles. The third-order valence-electron chi connectivity index (χ3n) is 4.04. The van der Waals surface area contributed by atoms with E-state index in [4.69, 9.17) is 0 Å². The second-order valence-electron chi connectivity index (χ2n) is 6.04. The van der Waals surface area contributed by atoms with Crippen molar-refractivity contribution in [3.63, 3.8) is 0 Å². The van der Waals surface area contributed by atoms with Gasteiger partial charge in [-0.1, -0.05) is 30.0 Å². The minimum Gasteiger partial charge on any atom is -0.304 e. The van der Waals surface area contributed by atoms with Crippen molar-refractivity contribution in [3.05, 3.63) is 92.3 Å². The van der Waals surface area contributed by atoms with Crippen molar-refractivity contribution in [3.8, 4) is 17.5 Å². The SMILES string of the molecule is Cn1cc2[nH]c(=O)n(-c3c(F)cc(C#Cc4ccccc4)cc3F)c(=O)c2n1. The molecule has 0 saturated carbocycles. The van der Waals surface area contributed by atoms with E-state index in [1.54, 1.807) is 31.3 Å². The van der Waals surface area contributed by atoms with Crippen LogP contribution in [0.5, 0.6) is 0 Å². The summed E-state index contributed by atoms with van der Waals surface area (Å²) in [5.74, 6) is 3.29. The topological polar surface area (TPSA) is 72.7 Å². The highest BCUT2D eigenvalue weighted by Crippen LogP contribution is 2.18. The summed E-state index contributed by atoms with van der Waals surface area (Å²) in [6.07, 6.45) is 1.43. The molecule has 6 nitrogen and oxygen atoms in total. The molecule has 0 spiro atoms. The highest BCUT2D eigenvalue weighted by Gasteiger charge is 2.19. The van der Waals surface area contributed by atoms with E-state index >= 15 is 0 Å². The van der Waals surface area contributed by atoms with Gasteiger partial charge in [-0.15, -0.1) is 0 Å². The van der Waals surface area contributed by atoms with Gasteiger partial charge in [0.25, 0.3) is 5.56 Å². The predicted molar refractivity (Wildman–Crippen MR) is 99.3 cm³/mol. The van der Waals surface area contributed by atoms with Gasteiger partial charge in [-0.05, 0) is 24.3 Å². The fourth-order valence-corrected chi connectivity index (χ4v) is 2.83. The largest absolute Gasteiger partial charge is 0.333 e. The molecular weight excluding hydrogens is 366 g/mol. The van der Waals surface area contributed by atoms with Crippen LogP contribution in [0.15, 0.2) is 58.3 Å². The van der Waals surface area contributed by atoms with E-state index in [0.717, 1.165) is 12.1 Å². The molecule has 4 rings (SSSR count).